The molecule has 1 saturated heterocycles. The summed E-state index contributed by atoms with van der Waals surface area (Å²) in [6.07, 6.45) is 4.11. The molecule has 2 fully saturated rings. The van der Waals surface area contributed by atoms with Gasteiger partial charge in [0.2, 0.25) is 5.78 Å². The van der Waals surface area contributed by atoms with Crippen LogP contribution in [-0.4, -0.2) is 106 Å². The molecule has 228 valence electrons. The fourth-order valence-corrected chi connectivity index (χ4v) is 7.57. The average molecular weight is 583 g/mol. The Labute approximate surface area is 245 Å². The Morgan fingerprint density at radius 2 is 1.81 bits per heavy atom. The Hall–Kier alpha value is -3.41. The van der Waals surface area contributed by atoms with Crippen molar-refractivity contribution in [3.8, 4) is 5.75 Å². The number of unbranched alkanes of at least 4 members (excludes halogenated alkanes) is 1. The molecule has 3 aliphatic carbocycles. The third kappa shape index (κ3) is 4.49. The quantitative estimate of drug-likeness (QED) is 0.298. The highest BCUT2D eigenvalue weighted by atomic mass is 16.3. The molecule has 11 heteroatoms. The monoisotopic (exact) mass is 582 g/mol. The van der Waals surface area contributed by atoms with Crippen LogP contribution in [0.15, 0.2) is 29.0 Å². The molecule has 1 heterocycles. The molecule has 6 N–H and O–H groups in total. The number of aliphatic hydroxyl groups excluding tert-OH is 2. The maximum atomic E-state index is 14.1. The molecule has 4 aliphatic rings. The zero-order valence-electron chi connectivity index (χ0n) is 24.8. The first-order valence-electron chi connectivity index (χ1n) is 14.8. The Kier molecular flexibility index (Phi) is 7.88. The molecule has 1 aromatic rings. The van der Waals surface area contributed by atoms with E-state index in [9.17, 15) is 34.8 Å². The van der Waals surface area contributed by atoms with Crippen LogP contribution < -0.4 is 10.6 Å². The van der Waals surface area contributed by atoms with E-state index in [4.69, 9.17) is 5.73 Å². The van der Waals surface area contributed by atoms with Gasteiger partial charge in [-0.15, -0.1) is 0 Å². The van der Waals surface area contributed by atoms with Gasteiger partial charge in [-0.1, -0.05) is 19.4 Å². The van der Waals surface area contributed by atoms with E-state index in [1.807, 2.05) is 12.1 Å². The first kappa shape index (κ1) is 30.1. The fraction of sp³-hybridized carbons (Fsp3) is 0.581. The molecular weight excluding hydrogens is 540 g/mol. The summed E-state index contributed by atoms with van der Waals surface area (Å²) in [5.74, 6) is -6.33. The smallest absolute Gasteiger partial charge is 0.255 e. The minimum Gasteiger partial charge on any atom is -0.508 e. The van der Waals surface area contributed by atoms with E-state index < -0.39 is 58.0 Å². The van der Waals surface area contributed by atoms with E-state index in [-0.39, 0.29) is 35.8 Å². The van der Waals surface area contributed by atoms with Crippen LogP contribution in [0, 0.1) is 11.8 Å². The van der Waals surface area contributed by atoms with E-state index in [1.54, 1.807) is 14.1 Å². The van der Waals surface area contributed by atoms with Gasteiger partial charge in [-0.25, -0.2) is 0 Å². The summed E-state index contributed by atoms with van der Waals surface area (Å²) in [6, 6.07) is 2.86. The Morgan fingerprint density at radius 1 is 1.14 bits per heavy atom. The number of primary amides is 1. The number of phenols is 1. The number of amides is 1. The Balaban J connectivity index is 1.62. The number of nitrogens with two attached hydrogens (primary N) is 1. The van der Waals surface area contributed by atoms with Crippen LogP contribution >= 0.6 is 0 Å². The maximum Gasteiger partial charge on any atom is 0.255 e. The minimum atomic E-state index is -2.64. The number of nitrogens with zero attached hydrogens (tertiary/aromatic N) is 3. The van der Waals surface area contributed by atoms with Gasteiger partial charge in [0, 0.05) is 24.1 Å². The molecule has 4 unspecified atom stereocenters. The highest BCUT2D eigenvalue weighted by Gasteiger charge is 2.64. The van der Waals surface area contributed by atoms with Crippen LogP contribution in [0.25, 0.3) is 5.76 Å². The molecule has 0 aromatic heterocycles. The molecule has 1 aliphatic heterocycles. The molecule has 0 radical (unpaired) electrons. The average Bonchev–Trinajstić information content (AvgIpc) is 2.92. The topological polar surface area (TPSA) is 168 Å². The lowest BCUT2D eigenvalue weighted by Crippen LogP contribution is -2.65. The first-order valence-corrected chi connectivity index (χ1v) is 14.8. The number of aromatic hydroxyl groups is 1. The minimum absolute atomic E-state index is 0.0759. The number of benzene rings is 1. The number of carbonyl (C=O) groups is 3. The van der Waals surface area contributed by atoms with Crippen LogP contribution in [0.3, 0.4) is 0 Å². The Bertz CT molecular complexity index is 1380. The number of likely N-dealkylation sites (tertiary alicyclic amines) is 1. The van der Waals surface area contributed by atoms with Gasteiger partial charge in [0.15, 0.2) is 11.4 Å². The van der Waals surface area contributed by atoms with Crippen molar-refractivity contribution in [3.63, 3.8) is 0 Å². The second kappa shape index (κ2) is 11.0. The molecule has 1 aromatic carbocycles. The normalized spacial score (nSPS) is 28.6. The lowest BCUT2D eigenvalue weighted by Gasteiger charge is -2.50. The molecule has 1 saturated carbocycles. The molecule has 1 amide bonds. The third-order valence-corrected chi connectivity index (χ3v) is 9.76. The van der Waals surface area contributed by atoms with Gasteiger partial charge in [0.1, 0.15) is 22.8 Å². The van der Waals surface area contributed by atoms with Gasteiger partial charge in [-0.05, 0) is 83.9 Å². The fourth-order valence-electron chi connectivity index (χ4n) is 7.57. The predicted octanol–water partition coefficient (Wildman–Crippen LogP) is 1.66. The number of hydrogen-bond acceptors (Lipinski definition) is 10. The first-order chi connectivity index (χ1) is 19.8. The van der Waals surface area contributed by atoms with Crippen molar-refractivity contribution in [1.29, 1.82) is 0 Å². The van der Waals surface area contributed by atoms with E-state index in [0.717, 1.165) is 45.3 Å². The van der Waals surface area contributed by atoms with E-state index >= 15 is 0 Å². The van der Waals surface area contributed by atoms with E-state index in [1.165, 1.54) is 4.90 Å². The van der Waals surface area contributed by atoms with Crippen molar-refractivity contribution in [3.05, 3.63) is 40.2 Å². The number of phenolic OH excluding ortho intramolecular Hbond substituents is 1. The summed E-state index contributed by atoms with van der Waals surface area (Å²) in [5.41, 5.74) is 3.19. The molecule has 11 nitrogen and oxygen atoms in total. The maximum absolute atomic E-state index is 14.1. The van der Waals surface area contributed by atoms with Crippen molar-refractivity contribution < 1.29 is 34.8 Å². The standard InChI is InChI=1S/C31H42N4O7/c1-5-6-11-35(18-9-12-34(4)13-10-18)20-8-7-16-14-17-15-19-24(33(2)3)27(38)23(30(32)41)29(40)31(19,42)28(39)22(17)26(37)21(16)25(20)36/h7-8,17-19,24,36-37,40,42H,5-6,9-15H2,1-4H3,(H2,32,41). The Morgan fingerprint density at radius 3 is 2.40 bits per heavy atom. The zero-order chi connectivity index (χ0) is 30.7. The third-order valence-electron chi connectivity index (χ3n) is 9.76. The lowest BCUT2D eigenvalue weighted by atomic mass is 9.57. The van der Waals surface area contributed by atoms with Gasteiger partial charge < -0.3 is 36.0 Å². The molecule has 4 atom stereocenters. The molecular formula is C31H42N4O7. The molecule has 0 bridgehead atoms. The van der Waals surface area contributed by atoms with Crippen LogP contribution in [0.1, 0.15) is 50.2 Å². The number of piperidine rings is 1. The van der Waals surface area contributed by atoms with Gasteiger partial charge in [0.25, 0.3) is 5.91 Å². The number of carbonyl (C=O) groups excluding carboxylic acids is 3. The highest BCUT2D eigenvalue weighted by molar-refractivity contribution is 6.24. The van der Waals surface area contributed by atoms with Gasteiger partial charge in [0.05, 0.1) is 17.3 Å². The van der Waals surface area contributed by atoms with Crippen molar-refractivity contribution in [1.82, 2.24) is 9.80 Å². The van der Waals surface area contributed by atoms with Crippen LogP contribution in [0.5, 0.6) is 5.75 Å². The van der Waals surface area contributed by atoms with Crippen molar-refractivity contribution in [2.24, 2.45) is 17.6 Å². The van der Waals surface area contributed by atoms with Gasteiger partial charge in [-0.3, -0.25) is 19.3 Å². The van der Waals surface area contributed by atoms with Crippen LogP contribution in [-0.2, 0) is 20.8 Å². The summed E-state index contributed by atoms with van der Waals surface area (Å²) in [7, 11) is 5.26. The molecule has 42 heavy (non-hydrogen) atoms. The van der Waals surface area contributed by atoms with E-state index in [0.29, 0.717) is 11.3 Å². The SMILES string of the molecule is CCCCN(c1ccc2c(c1O)C(O)=C1C(=O)C3(O)C(O)=C(C(N)=O)C(=O)C(N(C)C)C3CC1C2)C1CCN(C)CC1. The molecule has 5 rings (SSSR count). The number of aliphatic hydroxyl groups is 3. The summed E-state index contributed by atoms with van der Waals surface area (Å²) >= 11 is 0. The van der Waals surface area contributed by atoms with Crippen LogP contribution in [0.2, 0.25) is 0 Å². The highest BCUT2D eigenvalue weighted by Crippen LogP contribution is 2.53. The van der Waals surface area contributed by atoms with E-state index in [2.05, 4.69) is 23.8 Å². The molecule has 0 spiro atoms. The number of fused-ring (bicyclic) bond motifs is 3. The predicted molar refractivity (Wildman–Crippen MR) is 157 cm³/mol. The number of likely N-dealkylation sites (N-methyl/N-ethyl adjacent to an activating group) is 1. The number of rotatable bonds is 7. The van der Waals surface area contributed by atoms with Crippen LogP contribution in [0.4, 0.5) is 5.69 Å². The number of ketones is 2. The summed E-state index contributed by atoms with van der Waals surface area (Å²) in [4.78, 5) is 45.5. The summed E-state index contributed by atoms with van der Waals surface area (Å²) in [6.45, 7) is 4.71. The second-order valence-electron chi connectivity index (χ2n) is 12.5. The van der Waals surface area contributed by atoms with Crippen molar-refractivity contribution >= 4 is 28.9 Å². The van der Waals surface area contributed by atoms with Crippen molar-refractivity contribution in [2.75, 3.05) is 45.7 Å². The summed E-state index contributed by atoms with van der Waals surface area (Å²) < 4.78 is 0. The summed E-state index contributed by atoms with van der Waals surface area (Å²) in [5, 5.41) is 46.1. The van der Waals surface area contributed by atoms with Gasteiger partial charge >= 0.3 is 0 Å². The largest absolute Gasteiger partial charge is 0.508 e. The van der Waals surface area contributed by atoms with Crippen molar-refractivity contribution in [2.45, 2.75) is 63.1 Å². The number of Topliss-reactive ketones (excluding diaryl/α,β-unsaturated/α-hetero) is 2. The lowest BCUT2D eigenvalue weighted by molar-refractivity contribution is -0.153. The second-order valence-corrected chi connectivity index (χ2v) is 12.5. The van der Waals surface area contributed by atoms with Gasteiger partial charge in [-0.2, -0.15) is 0 Å². The zero-order valence-corrected chi connectivity index (χ0v) is 24.8. The number of hydrogen-bond donors (Lipinski definition) is 5. The number of anilines is 1.